The number of hydrogen-bond donors (Lipinski definition) is 2. The molecule has 6 nitrogen and oxygen atoms in total. The van der Waals surface area contributed by atoms with Gasteiger partial charge in [0.15, 0.2) is 0 Å². The van der Waals surface area contributed by atoms with Gasteiger partial charge in [-0.1, -0.05) is 13.8 Å². The molecule has 0 unspecified atom stereocenters. The lowest BCUT2D eigenvalue weighted by atomic mass is 9.92. The van der Waals surface area contributed by atoms with Gasteiger partial charge in [-0.05, 0) is 33.6 Å². The molecule has 0 spiro atoms. The topological polar surface area (TPSA) is 70.7 Å². The van der Waals surface area contributed by atoms with Gasteiger partial charge in [0, 0.05) is 26.2 Å². The Bertz CT molecular complexity index is 399. The van der Waals surface area contributed by atoms with Crippen molar-refractivity contribution in [3.63, 3.8) is 0 Å². The van der Waals surface area contributed by atoms with E-state index in [-0.39, 0.29) is 24.0 Å². The molecular formula is C17H33N3O3. The summed E-state index contributed by atoms with van der Waals surface area (Å²) < 4.78 is 5.68. The first-order valence-corrected chi connectivity index (χ1v) is 8.77. The van der Waals surface area contributed by atoms with Crippen LogP contribution in [0.25, 0.3) is 0 Å². The number of nitrogens with zero attached hydrogens (tertiary/aromatic N) is 1. The highest BCUT2D eigenvalue weighted by Crippen LogP contribution is 2.16. The Morgan fingerprint density at radius 3 is 2.52 bits per heavy atom. The van der Waals surface area contributed by atoms with Crippen LogP contribution in [0, 0.1) is 5.41 Å². The SMILES string of the molecule is CCNC(=O)C(C)(C)CNC(=O)[C@H](CC)N1CCO[C@@H](CC)C1. The van der Waals surface area contributed by atoms with Gasteiger partial charge in [0.1, 0.15) is 0 Å². The predicted molar refractivity (Wildman–Crippen MR) is 91.2 cm³/mol. The van der Waals surface area contributed by atoms with Gasteiger partial charge in [0.2, 0.25) is 11.8 Å². The zero-order chi connectivity index (χ0) is 17.5. The molecule has 0 aliphatic carbocycles. The lowest BCUT2D eigenvalue weighted by molar-refractivity contribution is -0.132. The molecule has 0 bridgehead atoms. The zero-order valence-corrected chi connectivity index (χ0v) is 15.3. The maximum absolute atomic E-state index is 12.6. The molecule has 6 heteroatoms. The lowest BCUT2D eigenvalue weighted by Crippen LogP contribution is -2.55. The Kier molecular flexibility index (Phi) is 7.99. The van der Waals surface area contributed by atoms with E-state index >= 15 is 0 Å². The van der Waals surface area contributed by atoms with Crippen molar-refractivity contribution in [3.8, 4) is 0 Å². The summed E-state index contributed by atoms with van der Waals surface area (Å²) in [5.41, 5.74) is -0.610. The number of nitrogens with one attached hydrogen (secondary N) is 2. The van der Waals surface area contributed by atoms with Crippen molar-refractivity contribution in [2.75, 3.05) is 32.8 Å². The monoisotopic (exact) mass is 327 g/mol. The Morgan fingerprint density at radius 1 is 1.26 bits per heavy atom. The van der Waals surface area contributed by atoms with Gasteiger partial charge in [-0.2, -0.15) is 0 Å². The summed E-state index contributed by atoms with van der Waals surface area (Å²) in [6.45, 7) is 12.9. The fourth-order valence-corrected chi connectivity index (χ4v) is 2.79. The molecule has 0 aromatic carbocycles. The number of amides is 2. The molecule has 134 valence electrons. The molecule has 0 aromatic heterocycles. The van der Waals surface area contributed by atoms with E-state index in [0.29, 0.717) is 19.7 Å². The van der Waals surface area contributed by atoms with Gasteiger partial charge < -0.3 is 15.4 Å². The number of hydrogen-bond acceptors (Lipinski definition) is 4. The first-order valence-electron chi connectivity index (χ1n) is 8.77. The second kappa shape index (κ2) is 9.23. The van der Waals surface area contributed by atoms with Crippen molar-refractivity contribution in [2.45, 2.75) is 59.6 Å². The first kappa shape index (κ1) is 19.9. The van der Waals surface area contributed by atoms with Crippen molar-refractivity contribution >= 4 is 11.8 Å². The molecule has 1 aliphatic heterocycles. The fourth-order valence-electron chi connectivity index (χ4n) is 2.79. The van der Waals surface area contributed by atoms with Crippen LogP contribution in [0.5, 0.6) is 0 Å². The molecule has 1 rings (SSSR count). The van der Waals surface area contributed by atoms with Gasteiger partial charge in [-0.25, -0.2) is 0 Å². The second-order valence-corrected chi connectivity index (χ2v) is 6.78. The molecule has 2 amide bonds. The number of rotatable bonds is 8. The van der Waals surface area contributed by atoms with Crippen LogP contribution in [0.2, 0.25) is 0 Å². The highest BCUT2D eigenvalue weighted by Gasteiger charge is 2.32. The second-order valence-electron chi connectivity index (χ2n) is 6.78. The van der Waals surface area contributed by atoms with Crippen molar-refractivity contribution < 1.29 is 14.3 Å². The molecule has 0 radical (unpaired) electrons. The van der Waals surface area contributed by atoms with E-state index in [4.69, 9.17) is 4.74 Å². The summed E-state index contributed by atoms with van der Waals surface area (Å²) >= 11 is 0. The van der Waals surface area contributed by atoms with Gasteiger partial charge >= 0.3 is 0 Å². The minimum atomic E-state index is -0.610. The Balaban J connectivity index is 2.58. The van der Waals surface area contributed by atoms with Crippen LogP contribution in [0.3, 0.4) is 0 Å². The minimum absolute atomic E-state index is 0.00151. The van der Waals surface area contributed by atoms with Crippen molar-refractivity contribution in [1.82, 2.24) is 15.5 Å². The molecular weight excluding hydrogens is 294 g/mol. The summed E-state index contributed by atoms with van der Waals surface area (Å²) in [4.78, 5) is 26.8. The number of carbonyl (C=O) groups excluding carboxylic acids is 2. The van der Waals surface area contributed by atoms with E-state index in [0.717, 1.165) is 25.9 Å². The Labute approximate surface area is 140 Å². The quantitative estimate of drug-likeness (QED) is 0.702. The van der Waals surface area contributed by atoms with E-state index in [9.17, 15) is 9.59 Å². The molecule has 1 fully saturated rings. The normalized spacial score (nSPS) is 20.8. The maximum atomic E-state index is 12.6. The van der Waals surface area contributed by atoms with E-state index in [1.807, 2.05) is 27.7 Å². The molecule has 0 aromatic rings. The number of morpholine rings is 1. The van der Waals surface area contributed by atoms with E-state index in [2.05, 4.69) is 22.5 Å². The average molecular weight is 327 g/mol. The summed E-state index contributed by atoms with van der Waals surface area (Å²) in [6, 6.07) is -0.155. The maximum Gasteiger partial charge on any atom is 0.237 e. The van der Waals surface area contributed by atoms with Gasteiger partial charge in [0.05, 0.1) is 24.2 Å². The molecule has 23 heavy (non-hydrogen) atoms. The highest BCUT2D eigenvalue weighted by atomic mass is 16.5. The van der Waals surface area contributed by atoms with Crippen LogP contribution < -0.4 is 10.6 Å². The first-order chi connectivity index (χ1) is 10.9. The van der Waals surface area contributed by atoms with Gasteiger partial charge in [0.25, 0.3) is 0 Å². The van der Waals surface area contributed by atoms with Gasteiger partial charge in [-0.15, -0.1) is 0 Å². The van der Waals surface area contributed by atoms with E-state index in [1.54, 1.807) is 0 Å². The molecule has 1 aliphatic rings. The Hall–Kier alpha value is -1.14. The summed E-state index contributed by atoms with van der Waals surface area (Å²) in [5.74, 6) is -0.0348. The average Bonchev–Trinajstić information content (AvgIpc) is 2.54. The summed E-state index contributed by atoms with van der Waals surface area (Å²) in [6.07, 6.45) is 1.92. The molecule has 0 saturated carbocycles. The van der Waals surface area contributed by atoms with Crippen LogP contribution in [0.4, 0.5) is 0 Å². The number of carbonyl (C=O) groups is 2. The largest absolute Gasteiger partial charge is 0.376 e. The van der Waals surface area contributed by atoms with Crippen LogP contribution in [-0.4, -0.2) is 61.6 Å². The third-order valence-corrected chi connectivity index (χ3v) is 4.41. The van der Waals surface area contributed by atoms with Crippen molar-refractivity contribution in [3.05, 3.63) is 0 Å². The molecule has 2 atom stereocenters. The molecule has 1 saturated heterocycles. The van der Waals surface area contributed by atoms with E-state index in [1.165, 1.54) is 0 Å². The third-order valence-electron chi connectivity index (χ3n) is 4.41. The van der Waals surface area contributed by atoms with Crippen LogP contribution in [0.1, 0.15) is 47.5 Å². The van der Waals surface area contributed by atoms with Crippen LogP contribution in [0.15, 0.2) is 0 Å². The lowest BCUT2D eigenvalue weighted by Gasteiger charge is -2.37. The smallest absolute Gasteiger partial charge is 0.237 e. The number of ether oxygens (including phenoxy) is 1. The van der Waals surface area contributed by atoms with Gasteiger partial charge in [-0.3, -0.25) is 14.5 Å². The van der Waals surface area contributed by atoms with Crippen molar-refractivity contribution in [2.24, 2.45) is 5.41 Å². The molecule has 2 N–H and O–H groups in total. The predicted octanol–water partition coefficient (Wildman–Crippen LogP) is 1.15. The fraction of sp³-hybridized carbons (Fsp3) is 0.882. The van der Waals surface area contributed by atoms with Crippen LogP contribution >= 0.6 is 0 Å². The highest BCUT2D eigenvalue weighted by molar-refractivity contribution is 5.85. The third kappa shape index (κ3) is 5.77. The summed E-state index contributed by atoms with van der Waals surface area (Å²) in [5, 5.41) is 5.77. The van der Waals surface area contributed by atoms with Crippen molar-refractivity contribution in [1.29, 1.82) is 0 Å². The summed E-state index contributed by atoms with van der Waals surface area (Å²) in [7, 11) is 0. The zero-order valence-electron chi connectivity index (χ0n) is 15.3. The van der Waals surface area contributed by atoms with Crippen LogP contribution in [-0.2, 0) is 14.3 Å². The Morgan fingerprint density at radius 2 is 1.96 bits per heavy atom. The standard InChI is InChI=1S/C17H33N3O3/c1-6-13-11-20(9-10-23-13)14(7-2)15(21)19-12-17(4,5)16(22)18-8-3/h13-14H,6-12H2,1-5H3,(H,18,22)(H,19,21)/t13-,14-/m0/s1. The van der Waals surface area contributed by atoms with E-state index < -0.39 is 5.41 Å². The molecule has 1 heterocycles. The minimum Gasteiger partial charge on any atom is -0.376 e.